The van der Waals surface area contributed by atoms with Gasteiger partial charge in [0.05, 0.1) is 15.9 Å². The van der Waals surface area contributed by atoms with E-state index in [9.17, 15) is 0 Å². The molecule has 0 saturated carbocycles. The minimum Gasteiger partial charge on any atom is -0.483 e. The molecule has 0 unspecified atom stereocenters. The number of hydrogen-bond donors (Lipinski definition) is 0. The fourth-order valence-corrected chi connectivity index (χ4v) is 3.13. The van der Waals surface area contributed by atoms with Crippen LogP contribution in [0.25, 0.3) is 0 Å². The summed E-state index contributed by atoms with van der Waals surface area (Å²) in [5, 5.41) is 4.38. The van der Waals surface area contributed by atoms with Crippen LogP contribution in [0.2, 0.25) is 0 Å². The minimum absolute atomic E-state index is 0.161. The number of ether oxygens (including phenoxy) is 2. The van der Waals surface area contributed by atoms with Gasteiger partial charge in [-0.25, -0.2) is 0 Å². The molecule has 1 aromatic heterocycles. The molecule has 0 amide bonds. The summed E-state index contributed by atoms with van der Waals surface area (Å²) >= 11 is 3.56. The van der Waals surface area contributed by atoms with Crippen molar-refractivity contribution in [3.8, 4) is 11.5 Å². The van der Waals surface area contributed by atoms with Crippen LogP contribution in [0.5, 0.6) is 11.5 Å². The van der Waals surface area contributed by atoms with Crippen LogP contribution in [-0.2, 0) is 20.1 Å². The zero-order chi connectivity index (χ0) is 15.2. The highest BCUT2D eigenvalue weighted by molar-refractivity contribution is 9.10. The van der Waals surface area contributed by atoms with Crippen molar-refractivity contribution < 1.29 is 9.47 Å². The molecule has 2 heterocycles. The summed E-state index contributed by atoms with van der Waals surface area (Å²) in [6, 6.07) is 6.07. The number of nitrogens with zero attached hydrogens (tertiary/aromatic N) is 2. The maximum Gasteiger partial charge on any atom is 0.165 e. The first-order chi connectivity index (χ1) is 9.87. The highest BCUT2D eigenvalue weighted by Gasteiger charge is 2.32. The van der Waals surface area contributed by atoms with E-state index in [1.807, 2.05) is 30.8 Å². The summed E-state index contributed by atoms with van der Waals surface area (Å²) in [7, 11) is 1.92. The number of para-hydroxylation sites is 1. The molecule has 112 valence electrons. The van der Waals surface area contributed by atoms with Gasteiger partial charge in [-0.15, -0.1) is 0 Å². The fraction of sp³-hybridized carbons (Fsp3) is 0.438. The molecule has 0 bridgehead atoms. The van der Waals surface area contributed by atoms with Crippen LogP contribution in [0.3, 0.4) is 0 Å². The van der Waals surface area contributed by atoms with Crippen LogP contribution >= 0.6 is 15.9 Å². The smallest absolute Gasteiger partial charge is 0.165 e. The molecule has 2 aromatic rings. The summed E-state index contributed by atoms with van der Waals surface area (Å²) in [4.78, 5) is 0. The molecule has 0 fully saturated rings. The Kier molecular flexibility index (Phi) is 3.48. The van der Waals surface area contributed by atoms with Crippen molar-refractivity contribution in [3.05, 3.63) is 39.6 Å². The molecule has 4 nitrogen and oxygen atoms in total. The van der Waals surface area contributed by atoms with Gasteiger partial charge < -0.3 is 9.47 Å². The lowest BCUT2D eigenvalue weighted by Crippen LogP contribution is -2.24. The van der Waals surface area contributed by atoms with E-state index in [2.05, 4.69) is 40.9 Å². The summed E-state index contributed by atoms with van der Waals surface area (Å²) in [5.74, 6) is 1.67. The molecule has 0 atom stereocenters. The van der Waals surface area contributed by atoms with Gasteiger partial charge in [-0.1, -0.05) is 12.1 Å². The molecule has 1 aromatic carbocycles. The lowest BCUT2D eigenvalue weighted by molar-refractivity contribution is 0.131. The van der Waals surface area contributed by atoms with Gasteiger partial charge in [-0.05, 0) is 42.8 Å². The molecule has 0 spiro atoms. The molecule has 0 saturated heterocycles. The van der Waals surface area contributed by atoms with Crippen LogP contribution in [0.15, 0.2) is 22.7 Å². The molecule has 3 rings (SSSR count). The first-order valence-electron chi connectivity index (χ1n) is 6.99. The van der Waals surface area contributed by atoms with Gasteiger partial charge in [-0.2, -0.15) is 5.10 Å². The highest BCUT2D eigenvalue weighted by Crippen LogP contribution is 2.42. The minimum atomic E-state index is -0.161. The van der Waals surface area contributed by atoms with E-state index in [0.29, 0.717) is 6.61 Å². The second-order valence-corrected chi connectivity index (χ2v) is 6.83. The molecular weight excluding hydrogens is 332 g/mol. The maximum absolute atomic E-state index is 6.02. The summed E-state index contributed by atoms with van der Waals surface area (Å²) < 4.78 is 14.8. The predicted octanol–water partition coefficient (Wildman–Crippen LogP) is 3.78. The third-order valence-electron chi connectivity index (χ3n) is 3.68. The number of halogens is 1. The first-order valence-corrected chi connectivity index (χ1v) is 7.78. The fourth-order valence-electron chi connectivity index (χ4n) is 2.68. The van der Waals surface area contributed by atoms with Gasteiger partial charge in [0, 0.05) is 19.0 Å². The molecule has 21 heavy (non-hydrogen) atoms. The standard InChI is InChI=1S/C16H19BrN2O2/c1-10-14(17)12(19(4)18-10)9-20-13-7-5-6-11-8-16(2,3)21-15(11)13/h5-7H,8-9H2,1-4H3. The number of rotatable bonds is 3. The van der Waals surface area contributed by atoms with E-state index >= 15 is 0 Å². The van der Waals surface area contributed by atoms with Gasteiger partial charge in [-0.3, -0.25) is 4.68 Å². The van der Waals surface area contributed by atoms with Gasteiger partial charge in [0.25, 0.3) is 0 Å². The van der Waals surface area contributed by atoms with Gasteiger partial charge in [0.15, 0.2) is 11.5 Å². The van der Waals surface area contributed by atoms with E-state index in [1.54, 1.807) is 0 Å². The molecule has 0 aliphatic carbocycles. The topological polar surface area (TPSA) is 36.3 Å². The zero-order valence-corrected chi connectivity index (χ0v) is 14.3. The third-order valence-corrected chi connectivity index (χ3v) is 4.71. The Bertz CT molecular complexity index is 692. The molecule has 0 radical (unpaired) electrons. The zero-order valence-electron chi connectivity index (χ0n) is 12.7. The van der Waals surface area contributed by atoms with Crippen LogP contribution < -0.4 is 9.47 Å². The Morgan fingerprint density at radius 3 is 2.86 bits per heavy atom. The Morgan fingerprint density at radius 2 is 2.19 bits per heavy atom. The maximum atomic E-state index is 6.02. The van der Waals surface area contributed by atoms with E-state index in [-0.39, 0.29) is 5.60 Å². The van der Waals surface area contributed by atoms with Crippen molar-refractivity contribution in [2.75, 3.05) is 0 Å². The van der Waals surface area contributed by atoms with Gasteiger partial charge >= 0.3 is 0 Å². The molecule has 0 N–H and O–H groups in total. The Hall–Kier alpha value is -1.49. The van der Waals surface area contributed by atoms with E-state index in [4.69, 9.17) is 9.47 Å². The van der Waals surface area contributed by atoms with Crippen molar-refractivity contribution in [1.29, 1.82) is 0 Å². The highest BCUT2D eigenvalue weighted by atomic mass is 79.9. The van der Waals surface area contributed by atoms with E-state index in [1.165, 1.54) is 5.56 Å². The number of hydrogen-bond acceptors (Lipinski definition) is 3. The van der Waals surface area contributed by atoms with Crippen molar-refractivity contribution in [2.45, 2.75) is 39.4 Å². The third kappa shape index (κ3) is 2.67. The second-order valence-electron chi connectivity index (χ2n) is 6.04. The number of aryl methyl sites for hydroxylation is 2. The molecule has 1 aliphatic heterocycles. The first kappa shape index (κ1) is 14.4. The largest absolute Gasteiger partial charge is 0.483 e. The summed E-state index contributed by atoms with van der Waals surface area (Å²) in [5.41, 5.74) is 3.03. The van der Waals surface area contributed by atoms with Crippen LogP contribution in [0.1, 0.15) is 30.8 Å². The summed E-state index contributed by atoms with van der Waals surface area (Å²) in [6.45, 7) is 6.62. The van der Waals surface area contributed by atoms with Crippen molar-refractivity contribution in [3.63, 3.8) is 0 Å². The normalized spacial score (nSPS) is 15.7. The van der Waals surface area contributed by atoms with Crippen molar-refractivity contribution in [1.82, 2.24) is 9.78 Å². The van der Waals surface area contributed by atoms with Crippen LogP contribution in [-0.4, -0.2) is 15.4 Å². The lowest BCUT2D eigenvalue weighted by atomic mass is 10.0. The quantitative estimate of drug-likeness (QED) is 0.844. The van der Waals surface area contributed by atoms with Crippen LogP contribution in [0, 0.1) is 6.92 Å². The Balaban J connectivity index is 1.83. The van der Waals surface area contributed by atoms with E-state index in [0.717, 1.165) is 33.8 Å². The van der Waals surface area contributed by atoms with E-state index < -0.39 is 0 Å². The monoisotopic (exact) mass is 350 g/mol. The number of fused-ring (bicyclic) bond motifs is 1. The number of benzene rings is 1. The van der Waals surface area contributed by atoms with Crippen molar-refractivity contribution in [2.24, 2.45) is 7.05 Å². The summed E-state index contributed by atoms with van der Waals surface area (Å²) in [6.07, 6.45) is 0.911. The second kappa shape index (κ2) is 5.05. The number of aromatic nitrogens is 2. The Labute approximate surface area is 133 Å². The van der Waals surface area contributed by atoms with Gasteiger partial charge in [0.2, 0.25) is 0 Å². The SMILES string of the molecule is Cc1nn(C)c(COc2cccc3c2OC(C)(C)C3)c1Br. The Morgan fingerprint density at radius 1 is 1.43 bits per heavy atom. The average molecular weight is 351 g/mol. The predicted molar refractivity (Wildman–Crippen MR) is 84.8 cm³/mol. The average Bonchev–Trinajstić information content (AvgIpc) is 2.84. The molecular formula is C16H19BrN2O2. The van der Waals surface area contributed by atoms with Gasteiger partial charge in [0.1, 0.15) is 12.2 Å². The van der Waals surface area contributed by atoms with Crippen molar-refractivity contribution >= 4 is 15.9 Å². The lowest BCUT2D eigenvalue weighted by Gasteiger charge is -2.18. The molecule has 1 aliphatic rings. The molecule has 5 heteroatoms. The van der Waals surface area contributed by atoms with Crippen LogP contribution in [0.4, 0.5) is 0 Å².